The number of nitrogens with zero attached hydrogens (tertiary/aromatic N) is 1. The number of aromatic amines is 1. The lowest BCUT2D eigenvalue weighted by Crippen LogP contribution is -2.24. The molecule has 2 heterocycles. The second kappa shape index (κ2) is 7.81. The molecule has 1 fully saturated rings. The van der Waals surface area contributed by atoms with Gasteiger partial charge in [-0.25, -0.2) is 0 Å². The van der Waals surface area contributed by atoms with Crippen molar-refractivity contribution in [3.63, 3.8) is 0 Å². The molecule has 27 heavy (non-hydrogen) atoms. The monoisotopic (exact) mass is 384 g/mol. The molecule has 1 aromatic heterocycles. The molecule has 3 nitrogen and oxygen atoms in total. The molecule has 0 unspecified atom stereocenters. The number of hydrogen-bond acceptors (Lipinski definition) is 2. The van der Waals surface area contributed by atoms with Crippen molar-refractivity contribution in [3.05, 3.63) is 56.4 Å². The molecule has 1 aromatic carbocycles. The first-order valence-electron chi connectivity index (χ1n) is 10.4. The zero-order valence-electron chi connectivity index (χ0n) is 16.0. The molecule has 0 spiro atoms. The summed E-state index contributed by atoms with van der Waals surface area (Å²) >= 11 is 0. The molecule has 3 aliphatic rings. The summed E-state index contributed by atoms with van der Waals surface area (Å²) in [6, 6.07) is 6.69. The van der Waals surface area contributed by atoms with Crippen LogP contribution in [0.3, 0.4) is 0 Å². The number of rotatable bonds is 2. The summed E-state index contributed by atoms with van der Waals surface area (Å²) in [5.41, 5.74) is 9.32. The molecule has 0 amide bonds. The Morgan fingerprint density at radius 3 is 2.37 bits per heavy atom. The van der Waals surface area contributed by atoms with Gasteiger partial charge in [-0.1, -0.05) is 31.0 Å². The van der Waals surface area contributed by atoms with Crippen molar-refractivity contribution >= 4 is 12.4 Å². The number of likely N-dealkylation sites (tertiary alicyclic amines) is 1. The Hall–Kier alpha value is -1.58. The number of benzene rings is 1. The molecule has 2 aliphatic carbocycles. The summed E-state index contributed by atoms with van der Waals surface area (Å²) in [5, 5.41) is 0. The summed E-state index contributed by atoms with van der Waals surface area (Å²) in [4.78, 5) is 18.5. The van der Waals surface area contributed by atoms with Gasteiger partial charge in [-0.3, -0.25) is 9.69 Å². The lowest BCUT2D eigenvalue weighted by Gasteiger charge is -2.21. The summed E-state index contributed by atoms with van der Waals surface area (Å²) in [5.74, 6) is 0. The van der Waals surface area contributed by atoms with Gasteiger partial charge < -0.3 is 4.98 Å². The highest BCUT2D eigenvalue weighted by Crippen LogP contribution is 2.40. The Kier molecular flexibility index (Phi) is 5.43. The fraction of sp³-hybridized carbons (Fsp3) is 0.522. The van der Waals surface area contributed by atoms with Gasteiger partial charge in [0, 0.05) is 24.1 Å². The maximum atomic E-state index is 12.6. The van der Waals surface area contributed by atoms with Gasteiger partial charge in [-0.05, 0) is 73.9 Å². The Labute approximate surface area is 167 Å². The third-order valence-corrected chi connectivity index (χ3v) is 6.64. The SMILES string of the molecule is Cl.O=c1[nH]c2c(c3c1CCCC3)Cc1c(CN3CCCCCC3)cccc1-2. The van der Waals surface area contributed by atoms with Gasteiger partial charge in [0.2, 0.25) is 0 Å². The van der Waals surface area contributed by atoms with Crippen molar-refractivity contribution < 1.29 is 0 Å². The van der Waals surface area contributed by atoms with Crippen LogP contribution in [0, 0.1) is 0 Å². The maximum Gasteiger partial charge on any atom is 0.251 e. The first-order valence-corrected chi connectivity index (χ1v) is 10.4. The van der Waals surface area contributed by atoms with Crippen LogP contribution in [0.1, 0.15) is 66.3 Å². The Bertz CT molecular complexity index is 894. The molecule has 2 aromatic rings. The number of fused-ring (bicyclic) bond motifs is 5. The molecule has 1 saturated heterocycles. The van der Waals surface area contributed by atoms with E-state index in [4.69, 9.17) is 0 Å². The third-order valence-electron chi connectivity index (χ3n) is 6.64. The van der Waals surface area contributed by atoms with E-state index in [-0.39, 0.29) is 18.0 Å². The van der Waals surface area contributed by atoms with Crippen LogP contribution >= 0.6 is 12.4 Å². The molecule has 1 N–H and O–H groups in total. The smallest absolute Gasteiger partial charge is 0.251 e. The van der Waals surface area contributed by atoms with Crippen molar-refractivity contribution in [1.29, 1.82) is 0 Å². The van der Waals surface area contributed by atoms with Crippen LogP contribution in [0.5, 0.6) is 0 Å². The van der Waals surface area contributed by atoms with Crippen molar-refractivity contribution in [2.45, 2.75) is 64.3 Å². The first-order chi connectivity index (χ1) is 12.8. The molecule has 0 radical (unpaired) electrons. The van der Waals surface area contributed by atoms with Crippen LogP contribution < -0.4 is 5.56 Å². The molecule has 1 aliphatic heterocycles. The van der Waals surface area contributed by atoms with Crippen LogP contribution in [0.25, 0.3) is 11.3 Å². The lowest BCUT2D eigenvalue weighted by atomic mass is 9.88. The van der Waals surface area contributed by atoms with Crippen molar-refractivity contribution in [2.24, 2.45) is 0 Å². The summed E-state index contributed by atoms with van der Waals surface area (Å²) in [7, 11) is 0. The lowest BCUT2D eigenvalue weighted by molar-refractivity contribution is 0.276. The highest BCUT2D eigenvalue weighted by atomic mass is 35.5. The first kappa shape index (κ1) is 18.8. The number of nitrogens with one attached hydrogen (secondary N) is 1. The summed E-state index contributed by atoms with van der Waals surface area (Å²) in [6.07, 6.45) is 10.8. The van der Waals surface area contributed by atoms with Crippen LogP contribution in [0.2, 0.25) is 0 Å². The van der Waals surface area contributed by atoms with Gasteiger partial charge in [0.25, 0.3) is 5.56 Å². The van der Waals surface area contributed by atoms with E-state index >= 15 is 0 Å². The van der Waals surface area contributed by atoms with E-state index in [9.17, 15) is 4.79 Å². The van der Waals surface area contributed by atoms with E-state index in [0.717, 1.165) is 43.5 Å². The number of hydrogen-bond donors (Lipinski definition) is 1. The Morgan fingerprint density at radius 2 is 1.59 bits per heavy atom. The van der Waals surface area contributed by atoms with E-state index < -0.39 is 0 Å². The van der Waals surface area contributed by atoms with E-state index in [1.165, 1.54) is 73.0 Å². The normalized spacial score (nSPS) is 18.8. The largest absolute Gasteiger partial charge is 0.321 e. The second-order valence-corrected chi connectivity index (χ2v) is 8.28. The van der Waals surface area contributed by atoms with Crippen molar-refractivity contribution in [3.8, 4) is 11.3 Å². The zero-order chi connectivity index (χ0) is 17.5. The second-order valence-electron chi connectivity index (χ2n) is 8.28. The molecule has 5 rings (SSSR count). The van der Waals surface area contributed by atoms with Gasteiger partial charge in [-0.2, -0.15) is 0 Å². The van der Waals surface area contributed by atoms with Crippen molar-refractivity contribution in [1.82, 2.24) is 9.88 Å². The molecular weight excluding hydrogens is 356 g/mol. The van der Waals surface area contributed by atoms with Crippen LogP contribution in [0.4, 0.5) is 0 Å². The minimum atomic E-state index is 0. The van der Waals surface area contributed by atoms with Crippen molar-refractivity contribution in [2.75, 3.05) is 13.1 Å². The van der Waals surface area contributed by atoms with E-state index in [0.29, 0.717) is 0 Å². The molecule has 0 bridgehead atoms. The summed E-state index contributed by atoms with van der Waals surface area (Å²) < 4.78 is 0. The van der Waals surface area contributed by atoms with E-state index in [2.05, 4.69) is 28.1 Å². The average molecular weight is 385 g/mol. The van der Waals surface area contributed by atoms with Gasteiger partial charge in [0.1, 0.15) is 0 Å². The van der Waals surface area contributed by atoms with Crippen LogP contribution in [-0.2, 0) is 25.8 Å². The van der Waals surface area contributed by atoms with E-state index in [1.54, 1.807) is 0 Å². The quantitative estimate of drug-likeness (QED) is 0.699. The molecule has 0 atom stereocenters. The van der Waals surface area contributed by atoms with Gasteiger partial charge in [-0.15, -0.1) is 12.4 Å². The molecular formula is C23H29ClN2O. The molecule has 144 valence electrons. The zero-order valence-corrected chi connectivity index (χ0v) is 16.8. The highest BCUT2D eigenvalue weighted by molar-refractivity contribution is 5.85. The number of halogens is 1. The third kappa shape index (κ3) is 3.36. The average Bonchev–Trinajstić information content (AvgIpc) is 2.85. The minimum Gasteiger partial charge on any atom is -0.321 e. The topological polar surface area (TPSA) is 36.1 Å². The Balaban J connectivity index is 0.00000180. The number of pyridine rings is 1. The fourth-order valence-corrected chi connectivity index (χ4v) is 5.27. The Morgan fingerprint density at radius 1 is 0.852 bits per heavy atom. The maximum absolute atomic E-state index is 12.6. The molecule has 4 heteroatoms. The van der Waals surface area contributed by atoms with Crippen LogP contribution in [0.15, 0.2) is 23.0 Å². The highest BCUT2D eigenvalue weighted by Gasteiger charge is 2.28. The van der Waals surface area contributed by atoms with E-state index in [1.807, 2.05) is 0 Å². The fourth-order valence-electron chi connectivity index (χ4n) is 5.27. The number of aromatic nitrogens is 1. The van der Waals surface area contributed by atoms with Gasteiger partial charge in [0.15, 0.2) is 0 Å². The molecule has 0 saturated carbocycles. The summed E-state index contributed by atoms with van der Waals surface area (Å²) in [6.45, 7) is 3.51. The predicted molar refractivity (Wildman–Crippen MR) is 113 cm³/mol. The number of H-pyrrole nitrogens is 1. The van der Waals surface area contributed by atoms with Gasteiger partial charge >= 0.3 is 0 Å². The van der Waals surface area contributed by atoms with Gasteiger partial charge in [0.05, 0.1) is 5.69 Å². The van der Waals surface area contributed by atoms with Crippen LogP contribution in [-0.4, -0.2) is 23.0 Å². The minimum absolute atomic E-state index is 0. The standard InChI is InChI=1S/C23H28N2O.ClH/c26-23-19-10-4-3-9-17(19)21-14-20-16(8-7-11-18(20)22(21)24-23)15-25-12-5-1-2-6-13-25;/h7-8,11H,1-6,9-10,12-15H2,(H,24,26);1H. The predicted octanol–water partition coefficient (Wildman–Crippen LogP) is 4.62.